The maximum atomic E-state index is 11.6. The number of hydrogen-bond acceptors (Lipinski definition) is 8. The van der Waals surface area contributed by atoms with E-state index < -0.39 is 5.97 Å². The Morgan fingerprint density at radius 3 is 2.76 bits per heavy atom. The number of aliphatic hydroxyl groups is 1. The Balaban J connectivity index is 1.31. The minimum absolute atomic E-state index is 0.0128. The number of nitrogens with one attached hydrogen (secondary N) is 1. The molecule has 3 N–H and O–H groups in total. The van der Waals surface area contributed by atoms with Crippen molar-refractivity contribution in [3.05, 3.63) is 30.2 Å². The molecule has 206 valence electrons. The Morgan fingerprint density at radius 1 is 1.13 bits per heavy atom. The number of fused-ring (bicyclic) bond motifs is 3. The number of carboxylic acids is 1. The van der Waals surface area contributed by atoms with E-state index in [1.54, 1.807) is 6.20 Å². The van der Waals surface area contributed by atoms with E-state index in [9.17, 15) is 14.7 Å². The molecule has 11 heteroatoms. The van der Waals surface area contributed by atoms with Gasteiger partial charge in [0.25, 0.3) is 0 Å². The highest BCUT2D eigenvalue weighted by molar-refractivity contribution is 6.02. The lowest BCUT2D eigenvalue weighted by Gasteiger charge is -2.23. The van der Waals surface area contributed by atoms with Gasteiger partial charge in [-0.3, -0.25) is 14.6 Å². The first-order chi connectivity index (χ1) is 18.5. The molecular formula is C27H36N4O7. The molecule has 4 rings (SSSR count). The van der Waals surface area contributed by atoms with Crippen molar-refractivity contribution in [3.63, 3.8) is 0 Å². The summed E-state index contributed by atoms with van der Waals surface area (Å²) in [6.45, 7) is 3.87. The standard InChI is InChI=1S/C27H36N4O7/c32-10-6-24-30-23-17-29-22-16-20(38-15-14-37-13-9-28-25(33)2-1-3-26(34)35)4-5-21(22)27(23)31(24)18-19-7-11-36-12-8-19/h4-5,16-17,19,32H,1-3,6-15,18H2,(H,28,33)(H,34,35). The molecule has 1 aromatic carbocycles. The lowest BCUT2D eigenvalue weighted by atomic mass is 10.00. The third kappa shape index (κ3) is 7.62. The van der Waals surface area contributed by atoms with E-state index >= 15 is 0 Å². The predicted octanol–water partition coefficient (Wildman–Crippen LogP) is 2.31. The number of aliphatic hydroxyl groups excluding tert-OH is 1. The second-order valence-electron chi connectivity index (χ2n) is 9.40. The summed E-state index contributed by atoms with van der Waals surface area (Å²) in [6, 6.07) is 5.83. The van der Waals surface area contributed by atoms with E-state index in [0.717, 1.165) is 60.4 Å². The number of nitrogens with zero attached hydrogens (tertiary/aromatic N) is 3. The molecule has 3 heterocycles. The van der Waals surface area contributed by atoms with E-state index in [2.05, 4.69) is 14.9 Å². The van der Waals surface area contributed by atoms with Crippen molar-refractivity contribution in [1.29, 1.82) is 0 Å². The summed E-state index contributed by atoms with van der Waals surface area (Å²) >= 11 is 0. The fourth-order valence-corrected chi connectivity index (χ4v) is 4.68. The summed E-state index contributed by atoms with van der Waals surface area (Å²) in [5.41, 5.74) is 2.67. The molecule has 11 nitrogen and oxygen atoms in total. The number of carbonyl (C=O) groups is 2. The Morgan fingerprint density at radius 2 is 1.97 bits per heavy atom. The molecule has 0 spiro atoms. The Labute approximate surface area is 221 Å². The van der Waals surface area contributed by atoms with Crippen LogP contribution in [0.1, 0.15) is 37.9 Å². The van der Waals surface area contributed by atoms with E-state index in [-0.39, 0.29) is 25.4 Å². The fourth-order valence-electron chi connectivity index (χ4n) is 4.68. The molecule has 0 atom stereocenters. The highest BCUT2D eigenvalue weighted by Gasteiger charge is 2.20. The first-order valence-electron chi connectivity index (χ1n) is 13.2. The molecular weight excluding hydrogens is 492 g/mol. The number of carboxylic acid groups (broad SMARTS) is 1. The van der Waals surface area contributed by atoms with Gasteiger partial charge in [0.15, 0.2) is 0 Å². The number of imidazole rings is 1. The van der Waals surface area contributed by atoms with Crippen molar-refractivity contribution in [2.75, 3.05) is 46.2 Å². The molecule has 0 bridgehead atoms. The molecule has 0 radical (unpaired) electrons. The third-order valence-electron chi connectivity index (χ3n) is 6.60. The lowest BCUT2D eigenvalue weighted by Crippen LogP contribution is -2.27. The summed E-state index contributed by atoms with van der Waals surface area (Å²) in [5, 5.41) is 21.9. The first kappa shape index (κ1) is 27.7. The third-order valence-corrected chi connectivity index (χ3v) is 6.60. The summed E-state index contributed by atoms with van der Waals surface area (Å²) < 4.78 is 19.1. The normalized spacial score (nSPS) is 14.2. The van der Waals surface area contributed by atoms with Crippen molar-refractivity contribution in [1.82, 2.24) is 19.9 Å². The number of carbonyl (C=O) groups excluding carboxylic acids is 1. The number of benzene rings is 1. The van der Waals surface area contributed by atoms with Gasteiger partial charge in [-0.05, 0) is 37.3 Å². The van der Waals surface area contributed by atoms with Crippen LogP contribution in [0, 0.1) is 5.92 Å². The van der Waals surface area contributed by atoms with Crippen LogP contribution in [0.3, 0.4) is 0 Å². The van der Waals surface area contributed by atoms with Gasteiger partial charge in [0.05, 0.1) is 37.1 Å². The van der Waals surface area contributed by atoms with E-state index in [1.165, 1.54) is 0 Å². The minimum atomic E-state index is -0.902. The molecule has 38 heavy (non-hydrogen) atoms. The molecule has 1 aliphatic rings. The number of rotatable bonds is 15. The van der Waals surface area contributed by atoms with Crippen molar-refractivity contribution in [2.45, 2.75) is 45.1 Å². The summed E-state index contributed by atoms with van der Waals surface area (Å²) in [6.07, 6.45) is 4.81. The van der Waals surface area contributed by atoms with Crippen molar-refractivity contribution >= 4 is 33.8 Å². The molecule has 2 aromatic heterocycles. The van der Waals surface area contributed by atoms with Crippen LogP contribution in [0.4, 0.5) is 0 Å². The number of aromatic nitrogens is 3. The summed E-state index contributed by atoms with van der Waals surface area (Å²) in [5.74, 6) is 0.986. The maximum absolute atomic E-state index is 11.6. The number of aliphatic carboxylic acids is 1. The van der Waals surface area contributed by atoms with Crippen LogP contribution in [-0.2, 0) is 32.0 Å². The van der Waals surface area contributed by atoms with Crippen LogP contribution in [0.5, 0.6) is 5.75 Å². The van der Waals surface area contributed by atoms with Crippen molar-refractivity contribution < 1.29 is 34.0 Å². The predicted molar refractivity (Wildman–Crippen MR) is 140 cm³/mol. The van der Waals surface area contributed by atoms with Gasteiger partial charge in [0.1, 0.15) is 23.7 Å². The largest absolute Gasteiger partial charge is 0.491 e. The smallest absolute Gasteiger partial charge is 0.303 e. The maximum Gasteiger partial charge on any atom is 0.303 e. The quantitative estimate of drug-likeness (QED) is 0.253. The van der Waals surface area contributed by atoms with Crippen LogP contribution in [0.25, 0.3) is 21.9 Å². The zero-order chi connectivity index (χ0) is 26.7. The van der Waals surface area contributed by atoms with Crippen LogP contribution >= 0.6 is 0 Å². The van der Waals surface area contributed by atoms with Crippen LogP contribution in [0.15, 0.2) is 24.4 Å². The number of ether oxygens (including phenoxy) is 3. The van der Waals surface area contributed by atoms with Gasteiger partial charge in [-0.2, -0.15) is 0 Å². The second-order valence-corrected chi connectivity index (χ2v) is 9.40. The van der Waals surface area contributed by atoms with Gasteiger partial charge in [-0.25, -0.2) is 4.98 Å². The van der Waals surface area contributed by atoms with Gasteiger partial charge >= 0.3 is 5.97 Å². The molecule has 3 aromatic rings. The van der Waals surface area contributed by atoms with E-state index in [1.807, 2.05) is 18.2 Å². The van der Waals surface area contributed by atoms with Crippen LogP contribution < -0.4 is 10.1 Å². The minimum Gasteiger partial charge on any atom is -0.491 e. The highest BCUT2D eigenvalue weighted by atomic mass is 16.5. The van der Waals surface area contributed by atoms with Crippen LogP contribution in [0.2, 0.25) is 0 Å². The average Bonchev–Trinajstić information content (AvgIpc) is 3.25. The summed E-state index contributed by atoms with van der Waals surface area (Å²) in [7, 11) is 0. The molecule has 1 fully saturated rings. The molecule has 1 aliphatic heterocycles. The van der Waals surface area contributed by atoms with E-state index in [0.29, 0.717) is 50.9 Å². The SMILES string of the molecule is O=C(O)CCCC(=O)NCCOCCOc1ccc2c(c1)ncc1nc(CCO)n(CC3CCOCC3)c12. The summed E-state index contributed by atoms with van der Waals surface area (Å²) in [4.78, 5) is 31.5. The van der Waals surface area contributed by atoms with Gasteiger partial charge in [0, 0.05) is 57.0 Å². The second kappa shape index (κ2) is 14.0. The molecule has 0 saturated carbocycles. The lowest BCUT2D eigenvalue weighted by molar-refractivity contribution is -0.137. The fraction of sp³-hybridized carbons (Fsp3) is 0.556. The first-order valence-corrected chi connectivity index (χ1v) is 13.2. The molecule has 0 unspecified atom stereocenters. The Hall–Kier alpha value is -3.28. The average molecular weight is 529 g/mol. The number of hydrogen-bond donors (Lipinski definition) is 3. The van der Waals surface area contributed by atoms with Crippen molar-refractivity contribution in [2.24, 2.45) is 5.92 Å². The van der Waals surface area contributed by atoms with Gasteiger partial charge in [-0.15, -0.1) is 0 Å². The Bertz CT molecular complexity index is 1220. The van der Waals surface area contributed by atoms with Crippen molar-refractivity contribution in [3.8, 4) is 5.75 Å². The number of amides is 1. The zero-order valence-corrected chi connectivity index (χ0v) is 21.6. The molecule has 0 aliphatic carbocycles. The topological polar surface area (TPSA) is 145 Å². The van der Waals surface area contributed by atoms with Crippen LogP contribution in [-0.4, -0.2) is 82.8 Å². The highest BCUT2D eigenvalue weighted by Crippen LogP contribution is 2.30. The molecule has 1 saturated heterocycles. The monoisotopic (exact) mass is 528 g/mol. The van der Waals surface area contributed by atoms with Gasteiger partial charge in [0.2, 0.25) is 5.91 Å². The zero-order valence-electron chi connectivity index (χ0n) is 21.6. The molecule has 1 amide bonds. The van der Waals surface area contributed by atoms with Gasteiger partial charge in [-0.1, -0.05) is 0 Å². The van der Waals surface area contributed by atoms with E-state index in [4.69, 9.17) is 24.3 Å². The van der Waals surface area contributed by atoms with Gasteiger partial charge < -0.3 is 34.3 Å². The Kier molecular flexibility index (Phi) is 10.2. The number of pyridine rings is 1.